The quantitative estimate of drug-likeness (QED) is 0.763. The van der Waals surface area contributed by atoms with Crippen molar-refractivity contribution in [3.8, 4) is 0 Å². The maximum absolute atomic E-state index is 13.7. The second-order valence-electron chi connectivity index (χ2n) is 4.66. The second-order valence-corrected chi connectivity index (χ2v) is 4.66. The highest BCUT2D eigenvalue weighted by molar-refractivity contribution is 5.74. The Hall–Kier alpha value is -1.25. The number of likely N-dealkylation sites (N-methyl/N-ethyl adjacent to an activating group) is 1. The summed E-state index contributed by atoms with van der Waals surface area (Å²) < 4.78 is 13.7. The van der Waals surface area contributed by atoms with Crippen molar-refractivity contribution in [2.75, 3.05) is 23.3 Å². The molecule has 1 aromatic carbocycles. The minimum Gasteiger partial charge on any atom is -0.377 e. The highest BCUT2D eigenvalue weighted by atomic mass is 19.1. The zero-order valence-corrected chi connectivity index (χ0v) is 9.47. The molecule has 0 saturated heterocycles. The van der Waals surface area contributed by atoms with Crippen molar-refractivity contribution in [2.45, 2.75) is 26.3 Å². The molecule has 0 aromatic heterocycles. The SMILES string of the molecule is CCN1CC(C)(C)Nc2cccc(F)c21. The van der Waals surface area contributed by atoms with Gasteiger partial charge in [-0.2, -0.15) is 0 Å². The summed E-state index contributed by atoms with van der Waals surface area (Å²) in [4.78, 5) is 2.08. The van der Waals surface area contributed by atoms with Crippen LogP contribution >= 0.6 is 0 Å². The average molecular weight is 208 g/mol. The van der Waals surface area contributed by atoms with E-state index in [0.29, 0.717) is 5.69 Å². The van der Waals surface area contributed by atoms with Gasteiger partial charge in [-0.15, -0.1) is 0 Å². The van der Waals surface area contributed by atoms with Gasteiger partial charge in [0.2, 0.25) is 0 Å². The number of anilines is 2. The van der Waals surface area contributed by atoms with Crippen LogP contribution in [0.25, 0.3) is 0 Å². The largest absolute Gasteiger partial charge is 0.377 e. The number of hydrogen-bond donors (Lipinski definition) is 1. The average Bonchev–Trinajstić information content (AvgIpc) is 2.15. The Bertz CT molecular complexity index is 374. The summed E-state index contributed by atoms with van der Waals surface area (Å²) in [5, 5.41) is 3.36. The molecule has 15 heavy (non-hydrogen) atoms. The Morgan fingerprint density at radius 3 is 2.87 bits per heavy atom. The number of para-hydroxylation sites is 1. The van der Waals surface area contributed by atoms with Crippen LogP contribution in [0.2, 0.25) is 0 Å². The number of halogens is 1. The predicted octanol–water partition coefficient (Wildman–Crippen LogP) is 2.86. The van der Waals surface area contributed by atoms with Gasteiger partial charge in [0.05, 0.1) is 11.4 Å². The van der Waals surface area contributed by atoms with Gasteiger partial charge in [-0.3, -0.25) is 0 Å². The Morgan fingerprint density at radius 1 is 1.47 bits per heavy atom. The third-order valence-corrected chi connectivity index (χ3v) is 2.74. The van der Waals surface area contributed by atoms with Crippen molar-refractivity contribution in [3.63, 3.8) is 0 Å². The number of nitrogens with one attached hydrogen (secondary N) is 1. The molecule has 1 heterocycles. The van der Waals surface area contributed by atoms with Crippen LogP contribution in [0.4, 0.5) is 15.8 Å². The Kier molecular flexibility index (Phi) is 2.33. The standard InChI is InChI=1S/C12H17FN2/c1-4-15-8-12(2,3)14-10-7-5-6-9(13)11(10)15/h5-7,14H,4,8H2,1-3H3. The Morgan fingerprint density at radius 2 is 2.20 bits per heavy atom. The lowest BCUT2D eigenvalue weighted by atomic mass is 9.99. The maximum atomic E-state index is 13.7. The van der Waals surface area contributed by atoms with Crippen LogP contribution in [0.5, 0.6) is 0 Å². The molecule has 0 amide bonds. The van der Waals surface area contributed by atoms with E-state index < -0.39 is 0 Å². The number of fused-ring (bicyclic) bond motifs is 1. The number of hydrogen-bond acceptors (Lipinski definition) is 2. The first-order valence-electron chi connectivity index (χ1n) is 5.35. The molecular formula is C12H17FN2. The minimum atomic E-state index is -0.141. The molecule has 0 unspecified atom stereocenters. The molecule has 0 fully saturated rings. The van der Waals surface area contributed by atoms with Gasteiger partial charge in [-0.05, 0) is 32.9 Å². The van der Waals surface area contributed by atoms with E-state index in [-0.39, 0.29) is 11.4 Å². The van der Waals surface area contributed by atoms with Crippen LogP contribution in [0, 0.1) is 5.82 Å². The van der Waals surface area contributed by atoms with Gasteiger partial charge in [0.25, 0.3) is 0 Å². The smallest absolute Gasteiger partial charge is 0.148 e. The zero-order chi connectivity index (χ0) is 11.1. The summed E-state index contributed by atoms with van der Waals surface area (Å²) in [5.74, 6) is -0.141. The molecule has 0 radical (unpaired) electrons. The molecule has 3 heteroatoms. The summed E-state index contributed by atoms with van der Waals surface area (Å²) >= 11 is 0. The van der Waals surface area contributed by atoms with Crippen LogP contribution < -0.4 is 10.2 Å². The van der Waals surface area contributed by atoms with Crippen LogP contribution in [-0.4, -0.2) is 18.6 Å². The fourth-order valence-corrected chi connectivity index (χ4v) is 2.17. The first kappa shape index (κ1) is 10.3. The molecule has 0 atom stereocenters. The molecule has 0 aliphatic carbocycles. The molecule has 2 nitrogen and oxygen atoms in total. The minimum absolute atomic E-state index is 0.00317. The number of nitrogens with zero attached hydrogens (tertiary/aromatic N) is 1. The predicted molar refractivity (Wildman–Crippen MR) is 62.0 cm³/mol. The molecule has 0 spiro atoms. The van der Waals surface area contributed by atoms with Crippen LogP contribution in [0.1, 0.15) is 20.8 Å². The molecular weight excluding hydrogens is 191 g/mol. The lowest BCUT2D eigenvalue weighted by Crippen LogP contribution is -2.48. The van der Waals surface area contributed by atoms with E-state index in [1.807, 2.05) is 6.07 Å². The Balaban J connectivity index is 2.49. The monoisotopic (exact) mass is 208 g/mol. The van der Waals surface area contributed by atoms with Gasteiger partial charge < -0.3 is 10.2 Å². The number of benzene rings is 1. The van der Waals surface area contributed by atoms with Crippen molar-refractivity contribution in [1.29, 1.82) is 0 Å². The molecule has 1 aliphatic heterocycles. The lowest BCUT2D eigenvalue weighted by molar-refractivity contribution is 0.523. The Labute approximate surface area is 90.1 Å². The molecule has 1 aromatic rings. The van der Waals surface area contributed by atoms with Crippen molar-refractivity contribution >= 4 is 11.4 Å². The van der Waals surface area contributed by atoms with Crippen molar-refractivity contribution in [3.05, 3.63) is 24.0 Å². The fraction of sp³-hybridized carbons (Fsp3) is 0.500. The van der Waals surface area contributed by atoms with Gasteiger partial charge in [0, 0.05) is 18.6 Å². The molecule has 1 N–H and O–H groups in total. The maximum Gasteiger partial charge on any atom is 0.148 e. The first-order chi connectivity index (χ1) is 7.03. The third-order valence-electron chi connectivity index (χ3n) is 2.74. The summed E-state index contributed by atoms with van der Waals surface area (Å²) in [7, 11) is 0. The number of rotatable bonds is 1. The second kappa shape index (κ2) is 3.40. The van der Waals surface area contributed by atoms with E-state index >= 15 is 0 Å². The van der Waals surface area contributed by atoms with Crippen molar-refractivity contribution in [2.24, 2.45) is 0 Å². The molecule has 0 bridgehead atoms. The van der Waals surface area contributed by atoms with Crippen molar-refractivity contribution in [1.82, 2.24) is 0 Å². The van der Waals surface area contributed by atoms with Gasteiger partial charge in [-0.1, -0.05) is 6.07 Å². The van der Waals surface area contributed by atoms with Crippen LogP contribution in [0.3, 0.4) is 0 Å². The van der Waals surface area contributed by atoms with Crippen LogP contribution in [0.15, 0.2) is 18.2 Å². The van der Waals surface area contributed by atoms with Crippen LogP contribution in [-0.2, 0) is 0 Å². The molecule has 2 rings (SSSR count). The lowest BCUT2D eigenvalue weighted by Gasteiger charge is -2.41. The molecule has 1 aliphatic rings. The summed E-state index contributed by atoms with van der Waals surface area (Å²) in [5.41, 5.74) is 1.60. The summed E-state index contributed by atoms with van der Waals surface area (Å²) in [6.45, 7) is 7.97. The van der Waals surface area contributed by atoms with Gasteiger partial charge in [0.15, 0.2) is 0 Å². The zero-order valence-electron chi connectivity index (χ0n) is 9.47. The van der Waals surface area contributed by atoms with E-state index in [2.05, 4.69) is 31.0 Å². The topological polar surface area (TPSA) is 15.3 Å². The van der Waals surface area contributed by atoms with Gasteiger partial charge in [0.1, 0.15) is 5.82 Å². The molecule has 82 valence electrons. The normalized spacial score (nSPS) is 18.3. The highest BCUT2D eigenvalue weighted by Gasteiger charge is 2.30. The van der Waals surface area contributed by atoms with E-state index in [1.54, 1.807) is 6.07 Å². The van der Waals surface area contributed by atoms with Gasteiger partial charge >= 0.3 is 0 Å². The summed E-state index contributed by atoms with van der Waals surface area (Å²) in [6, 6.07) is 5.19. The van der Waals surface area contributed by atoms with E-state index in [1.165, 1.54) is 6.07 Å². The van der Waals surface area contributed by atoms with Gasteiger partial charge in [-0.25, -0.2) is 4.39 Å². The first-order valence-corrected chi connectivity index (χ1v) is 5.35. The summed E-state index contributed by atoms with van der Waals surface area (Å²) in [6.07, 6.45) is 0. The van der Waals surface area contributed by atoms with E-state index in [0.717, 1.165) is 18.8 Å². The molecule has 0 saturated carbocycles. The third kappa shape index (κ3) is 1.78. The van der Waals surface area contributed by atoms with Crippen molar-refractivity contribution < 1.29 is 4.39 Å². The van der Waals surface area contributed by atoms with E-state index in [4.69, 9.17) is 0 Å². The van der Waals surface area contributed by atoms with E-state index in [9.17, 15) is 4.39 Å². The highest BCUT2D eigenvalue weighted by Crippen LogP contribution is 2.35. The fourth-order valence-electron chi connectivity index (χ4n) is 2.17.